The summed E-state index contributed by atoms with van der Waals surface area (Å²) in [6.07, 6.45) is -2.48. The number of hydrogen-bond acceptors (Lipinski definition) is 6. The zero-order valence-electron chi connectivity index (χ0n) is 13.2. The van der Waals surface area contributed by atoms with Crippen LogP contribution in [0.3, 0.4) is 0 Å². The number of halogens is 4. The zero-order chi connectivity index (χ0) is 18.0. The number of alkyl halides is 3. The Balaban J connectivity index is 1.94. The fourth-order valence-electron chi connectivity index (χ4n) is 2.61. The first-order valence-corrected chi connectivity index (χ1v) is 7.47. The monoisotopic (exact) mass is 357 g/mol. The van der Waals surface area contributed by atoms with Gasteiger partial charge in [-0.3, -0.25) is 4.98 Å². The summed E-state index contributed by atoms with van der Waals surface area (Å²) < 4.78 is 58.0. The molecule has 0 radical (unpaired) electrons. The molecule has 0 aliphatic carbocycles. The van der Waals surface area contributed by atoms with E-state index in [0.717, 1.165) is 12.3 Å². The highest BCUT2D eigenvalue weighted by atomic mass is 19.4. The van der Waals surface area contributed by atoms with E-state index in [0.29, 0.717) is 18.8 Å². The number of hydrogen-bond donors (Lipinski definition) is 1. The molecule has 1 aliphatic rings. The highest BCUT2D eigenvalue weighted by Crippen LogP contribution is 2.33. The summed E-state index contributed by atoms with van der Waals surface area (Å²) in [4.78, 5) is 13.3. The minimum absolute atomic E-state index is 0.0376. The number of nitrogens with zero attached hydrogens (tertiary/aromatic N) is 4. The number of morpholine rings is 1. The average molecular weight is 357 g/mol. The molecule has 0 amide bonds. The van der Waals surface area contributed by atoms with Gasteiger partial charge in [0.1, 0.15) is 6.33 Å². The lowest BCUT2D eigenvalue weighted by Gasteiger charge is -2.36. The predicted molar refractivity (Wildman–Crippen MR) is 81.7 cm³/mol. The molecule has 1 saturated heterocycles. The van der Waals surface area contributed by atoms with Crippen LogP contribution in [-0.2, 0) is 10.9 Å². The average Bonchev–Trinajstić information content (AvgIpc) is 2.61. The molecule has 0 bridgehead atoms. The van der Waals surface area contributed by atoms with Gasteiger partial charge < -0.3 is 15.0 Å². The minimum atomic E-state index is -4.46. The van der Waals surface area contributed by atoms with Gasteiger partial charge in [0, 0.05) is 19.8 Å². The molecule has 134 valence electrons. The van der Waals surface area contributed by atoms with Crippen LogP contribution < -0.4 is 10.2 Å². The van der Waals surface area contributed by atoms with Crippen molar-refractivity contribution < 1.29 is 22.3 Å². The van der Waals surface area contributed by atoms with Gasteiger partial charge in [-0.25, -0.2) is 9.97 Å². The number of rotatable bonds is 3. The number of ether oxygens (including phenoxy) is 1. The standard InChI is InChI=1S/C15H15F4N5O/c1-20-13-12(16)14(23-8-22-13)24-4-5-25-7-11(24)10-3-2-9(6-21-10)15(17,18)19/h2-3,6,8,11H,4-5,7H2,1H3,(H,20,22,23). The molecule has 3 heterocycles. The van der Waals surface area contributed by atoms with E-state index >= 15 is 0 Å². The Hall–Kier alpha value is -2.49. The van der Waals surface area contributed by atoms with Crippen LogP contribution in [0.1, 0.15) is 17.3 Å². The van der Waals surface area contributed by atoms with Crippen LogP contribution in [0, 0.1) is 5.82 Å². The van der Waals surface area contributed by atoms with Crippen molar-refractivity contribution in [1.82, 2.24) is 15.0 Å². The quantitative estimate of drug-likeness (QED) is 0.852. The van der Waals surface area contributed by atoms with E-state index in [1.807, 2.05) is 0 Å². The second-order valence-corrected chi connectivity index (χ2v) is 5.36. The molecule has 1 fully saturated rings. The van der Waals surface area contributed by atoms with Gasteiger partial charge in [0.25, 0.3) is 0 Å². The van der Waals surface area contributed by atoms with Gasteiger partial charge in [-0.15, -0.1) is 0 Å². The SMILES string of the molecule is CNc1ncnc(N2CCOCC2c2ccc(C(F)(F)F)cn2)c1F. The third-order valence-corrected chi connectivity index (χ3v) is 3.86. The Bertz CT molecular complexity index is 738. The lowest BCUT2D eigenvalue weighted by molar-refractivity contribution is -0.137. The number of aromatic nitrogens is 3. The van der Waals surface area contributed by atoms with Gasteiger partial charge in [-0.2, -0.15) is 17.6 Å². The second-order valence-electron chi connectivity index (χ2n) is 5.36. The van der Waals surface area contributed by atoms with Crippen molar-refractivity contribution in [2.75, 3.05) is 37.0 Å². The maximum atomic E-state index is 14.5. The molecule has 10 heteroatoms. The largest absolute Gasteiger partial charge is 0.417 e. The van der Waals surface area contributed by atoms with Gasteiger partial charge >= 0.3 is 6.18 Å². The van der Waals surface area contributed by atoms with Crippen molar-refractivity contribution in [2.24, 2.45) is 0 Å². The maximum absolute atomic E-state index is 14.5. The Kier molecular flexibility index (Phi) is 4.71. The summed E-state index contributed by atoms with van der Waals surface area (Å²) in [7, 11) is 1.53. The minimum Gasteiger partial charge on any atom is -0.377 e. The van der Waals surface area contributed by atoms with Crippen molar-refractivity contribution in [3.63, 3.8) is 0 Å². The fourth-order valence-corrected chi connectivity index (χ4v) is 2.61. The fraction of sp³-hybridized carbons (Fsp3) is 0.400. The summed E-state index contributed by atoms with van der Waals surface area (Å²) >= 11 is 0. The molecule has 1 aliphatic heterocycles. The van der Waals surface area contributed by atoms with Crippen molar-refractivity contribution in [2.45, 2.75) is 12.2 Å². The highest BCUT2D eigenvalue weighted by Gasteiger charge is 2.33. The summed E-state index contributed by atoms with van der Waals surface area (Å²) in [6, 6.07) is 1.67. The highest BCUT2D eigenvalue weighted by molar-refractivity contribution is 5.52. The first kappa shape index (κ1) is 17.3. The summed E-state index contributed by atoms with van der Waals surface area (Å²) in [5.74, 6) is -0.547. The first-order chi connectivity index (χ1) is 11.9. The Labute approximate surface area is 140 Å². The molecule has 1 atom stereocenters. The Morgan fingerprint density at radius 1 is 1.24 bits per heavy atom. The topological polar surface area (TPSA) is 63.2 Å². The van der Waals surface area contributed by atoms with E-state index in [-0.39, 0.29) is 18.2 Å². The normalized spacial score (nSPS) is 18.3. The van der Waals surface area contributed by atoms with E-state index in [1.165, 1.54) is 19.4 Å². The van der Waals surface area contributed by atoms with Gasteiger partial charge in [0.05, 0.1) is 30.5 Å². The molecule has 0 aromatic carbocycles. The smallest absolute Gasteiger partial charge is 0.377 e. The van der Waals surface area contributed by atoms with E-state index in [1.54, 1.807) is 4.90 Å². The number of anilines is 2. The molecule has 1 unspecified atom stereocenters. The molecule has 2 aromatic heterocycles. The Morgan fingerprint density at radius 3 is 2.68 bits per heavy atom. The lowest BCUT2D eigenvalue weighted by Crippen LogP contribution is -2.41. The predicted octanol–water partition coefficient (Wildman–Crippen LogP) is 2.65. The van der Waals surface area contributed by atoms with E-state index in [4.69, 9.17) is 4.74 Å². The molecule has 25 heavy (non-hydrogen) atoms. The molecular weight excluding hydrogens is 342 g/mol. The number of pyridine rings is 1. The first-order valence-electron chi connectivity index (χ1n) is 7.47. The van der Waals surface area contributed by atoms with Gasteiger partial charge in [0.15, 0.2) is 11.6 Å². The molecule has 3 rings (SSSR count). The van der Waals surface area contributed by atoms with Crippen LogP contribution in [0.4, 0.5) is 29.2 Å². The molecule has 0 saturated carbocycles. The maximum Gasteiger partial charge on any atom is 0.417 e. The third-order valence-electron chi connectivity index (χ3n) is 3.86. The van der Waals surface area contributed by atoms with Crippen LogP contribution in [0.25, 0.3) is 0 Å². The van der Waals surface area contributed by atoms with E-state index in [2.05, 4.69) is 20.3 Å². The lowest BCUT2D eigenvalue weighted by atomic mass is 10.1. The summed E-state index contributed by atoms with van der Waals surface area (Å²) in [5.41, 5.74) is -0.498. The third kappa shape index (κ3) is 3.48. The van der Waals surface area contributed by atoms with Crippen molar-refractivity contribution >= 4 is 11.6 Å². The van der Waals surface area contributed by atoms with Crippen LogP contribution >= 0.6 is 0 Å². The van der Waals surface area contributed by atoms with Crippen LogP contribution in [0.2, 0.25) is 0 Å². The Morgan fingerprint density at radius 2 is 2.04 bits per heavy atom. The van der Waals surface area contributed by atoms with Gasteiger partial charge in [0.2, 0.25) is 5.82 Å². The van der Waals surface area contributed by atoms with E-state index < -0.39 is 23.6 Å². The summed E-state index contributed by atoms with van der Waals surface area (Å²) in [6.45, 7) is 0.830. The summed E-state index contributed by atoms with van der Waals surface area (Å²) in [5, 5.41) is 2.63. The van der Waals surface area contributed by atoms with Gasteiger partial charge in [-0.1, -0.05) is 0 Å². The van der Waals surface area contributed by atoms with Crippen molar-refractivity contribution in [3.05, 3.63) is 41.7 Å². The van der Waals surface area contributed by atoms with Gasteiger partial charge in [-0.05, 0) is 12.1 Å². The number of nitrogens with one attached hydrogen (secondary N) is 1. The van der Waals surface area contributed by atoms with Crippen LogP contribution in [0.5, 0.6) is 0 Å². The van der Waals surface area contributed by atoms with Crippen molar-refractivity contribution in [1.29, 1.82) is 0 Å². The second kappa shape index (κ2) is 6.79. The van der Waals surface area contributed by atoms with Crippen LogP contribution in [-0.4, -0.2) is 41.8 Å². The molecule has 1 N–H and O–H groups in total. The van der Waals surface area contributed by atoms with E-state index in [9.17, 15) is 17.6 Å². The van der Waals surface area contributed by atoms with Crippen LogP contribution in [0.15, 0.2) is 24.7 Å². The molecule has 0 spiro atoms. The molecule has 6 nitrogen and oxygen atoms in total. The molecule has 2 aromatic rings. The molecular formula is C15H15F4N5O. The van der Waals surface area contributed by atoms with Crippen molar-refractivity contribution in [3.8, 4) is 0 Å². The zero-order valence-corrected chi connectivity index (χ0v) is 13.2.